The first-order valence-corrected chi connectivity index (χ1v) is 7.03. The second kappa shape index (κ2) is 6.57. The zero-order valence-electron chi connectivity index (χ0n) is 11.1. The summed E-state index contributed by atoms with van der Waals surface area (Å²) >= 11 is 3.06. The van der Waals surface area contributed by atoms with E-state index in [9.17, 15) is 14.5 Å². The van der Waals surface area contributed by atoms with Crippen molar-refractivity contribution in [1.29, 1.82) is 0 Å². The number of nitro groups is 1. The topological polar surface area (TPSA) is 81.0 Å². The van der Waals surface area contributed by atoms with Gasteiger partial charge in [-0.3, -0.25) is 10.1 Å². The molecule has 0 radical (unpaired) electrons. The van der Waals surface area contributed by atoms with Crippen molar-refractivity contribution in [1.82, 2.24) is 9.97 Å². The summed E-state index contributed by atoms with van der Waals surface area (Å²) in [4.78, 5) is 18.4. The van der Waals surface area contributed by atoms with Gasteiger partial charge in [0.15, 0.2) is 5.69 Å². The van der Waals surface area contributed by atoms with Crippen molar-refractivity contribution in [3.63, 3.8) is 0 Å². The normalized spacial score (nSPS) is 10.4. The third-order valence-electron chi connectivity index (χ3n) is 2.71. The molecule has 0 aliphatic rings. The molecule has 2 rings (SSSR count). The van der Waals surface area contributed by atoms with Crippen LogP contribution in [0.25, 0.3) is 11.3 Å². The number of nitrogens with zero attached hydrogens (tertiary/aromatic N) is 3. The van der Waals surface area contributed by atoms with E-state index in [1.807, 2.05) is 6.92 Å². The Balaban J connectivity index is 2.57. The largest absolute Gasteiger partial charge is 0.354 e. The Hall–Kier alpha value is -2.09. The van der Waals surface area contributed by atoms with Gasteiger partial charge >= 0.3 is 5.69 Å². The van der Waals surface area contributed by atoms with E-state index >= 15 is 0 Å². The van der Waals surface area contributed by atoms with Crippen LogP contribution in [0.2, 0.25) is 0 Å². The number of rotatable bonds is 5. The zero-order valence-corrected chi connectivity index (χ0v) is 12.7. The Morgan fingerprint density at radius 3 is 2.90 bits per heavy atom. The number of anilines is 1. The van der Waals surface area contributed by atoms with E-state index in [0.29, 0.717) is 6.54 Å². The molecule has 0 unspecified atom stereocenters. The van der Waals surface area contributed by atoms with Gasteiger partial charge < -0.3 is 5.32 Å². The Kier molecular flexibility index (Phi) is 4.79. The molecule has 0 amide bonds. The van der Waals surface area contributed by atoms with Crippen LogP contribution in [0.1, 0.15) is 13.3 Å². The minimum Gasteiger partial charge on any atom is -0.354 e. The van der Waals surface area contributed by atoms with Gasteiger partial charge in [0, 0.05) is 12.1 Å². The minimum atomic E-state index is -0.626. The summed E-state index contributed by atoms with van der Waals surface area (Å²) in [7, 11) is 0. The molecule has 0 fully saturated rings. The minimum absolute atomic E-state index is 0.0487. The number of aromatic nitrogens is 2. The van der Waals surface area contributed by atoms with Crippen LogP contribution in [0.5, 0.6) is 0 Å². The Labute approximate surface area is 128 Å². The molecular formula is C13H12BrFN4O2. The lowest BCUT2D eigenvalue weighted by Gasteiger charge is -2.08. The molecule has 6 nitrogen and oxygen atoms in total. The summed E-state index contributed by atoms with van der Waals surface area (Å²) in [5, 5.41) is 14.0. The SMILES string of the molecule is CCCNc1ncc([N+](=O)[O-])c(-c2cccc(Br)c2F)n1. The van der Waals surface area contributed by atoms with Gasteiger partial charge in [-0.05, 0) is 34.5 Å². The van der Waals surface area contributed by atoms with E-state index in [1.54, 1.807) is 6.07 Å². The fraction of sp³-hybridized carbons (Fsp3) is 0.231. The summed E-state index contributed by atoms with van der Waals surface area (Å²) in [6.07, 6.45) is 1.93. The van der Waals surface area contributed by atoms with Gasteiger partial charge in [0.05, 0.1) is 9.40 Å². The zero-order chi connectivity index (χ0) is 15.4. The lowest BCUT2D eigenvalue weighted by atomic mass is 10.1. The van der Waals surface area contributed by atoms with Crippen LogP contribution in [0, 0.1) is 15.9 Å². The maximum absolute atomic E-state index is 14.2. The standard InChI is InChI=1S/C13H12BrFN4O2/c1-2-6-16-13-17-7-10(19(20)21)12(18-13)8-4-3-5-9(14)11(8)15/h3-5,7H,2,6H2,1H3,(H,16,17,18). The van der Waals surface area contributed by atoms with Crippen molar-refractivity contribution in [2.24, 2.45) is 0 Å². The fourth-order valence-corrected chi connectivity index (χ4v) is 2.08. The molecule has 0 spiro atoms. The summed E-state index contributed by atoms with van der Waals surface area (Å²) in [6.45, 7) is 2.59. The number of nitrogens with one attached hydrogen (secondary N) is 1. The van der Waals surface area contributed by atoms with Crippen LogP contribution in [0.15, 0.2) is 28.9 Å². The van der Waals surface area contributed by atoms with Crippen LogP contribution >= 0.6 is 15.9 Å². The van der Waals surface area contributed by atoms with Gasteiger partial charge in [-0.25, -0.2) is 14.4 Å². The second-order valence-electron chi connectivity index (χ2n) is 4.21. The Morgan fingerprint density at radius 1 is 1.48 bits per heavy atom. The van der Waals surface area contributed by atoms with Crippen LogP contribution in [0.4, 0.5) is 16.0 Å². The number of hydrogen-bond acceptors (Lipinski definition) is 5. The second-order valence-corrected chi connectivity index (χ2v) is 5.07. The van der Waals surface area contributed by atoms with Crippen molar-refractivity contribution >= 4 is 27.6 Å². The van der Waals surface area contributed by atoms with E-state index in [0.717, 1.165) is 12.6 Å². The molecular weight excluding hydrogens is 343 g/mol. The highest BCUT2D eigenvalue weighted by Crippen LogP contribution is 2.32. The predicted molar refractivity (Wildman–Crippen MR) is 80.6 cm³/mol. The smallest absolute Gasteiger partial charge is 0.313 e. The molecule has 0 saturated heterocycles. The molecule has 0 aliphatic heterocycles. The third-order valence-corrected chi connectivity index (χ3v) is 3.32. The first kappa shape index (κ1) is 15.3. The van der Waals surface area contributed by atoms with Gasteiger partial charge in [-0.2, -0.15) is 0 Å². The Morgan fingerprint density at radius 2 is 2.24 bits per heavy atom. The highest BCUT2D eigenvalue weighted by Gasteiger charge is 2.22. The van der Waals surface area contributed by atoms with Gasteiger partial charge in [0.25, 0.3) is 0 Å². The monoisotopic (exact) mass is 354 g/mol. The maximum Gasteiger partial charge on any atom is 0.313 e. The molecule has 1 heterocycles. The van der Waals surface area contributed by atoms with Crippen LogP contribution in [-0.2, 0) is 0 Å². The van der Waals surface area contributed by atoms with E-state index in [1.165, 1.54) is 12.1 Å². The predicted octanol–water partition coefficient (Wildman–Crippen LogP) is 3.78. The van der Waals surface area contributed by atoms with Crippen molar-refractivity contribution in [3.8, 4) is 11.3 Å². The summed E-state index contributed by atoms with van der Waals surface area (Å²) in [6, 6.07) is 4.55. The van der Waals surface area contributed by atoms with E-state index in [-0.39, 0.29) is 27.4 Å². The van der Waals surface area contributed by atoms with Crippen molar-refractivity contribution < 1.29 is 9.31 Å². The summed E-state index contributed by atoms with van der Waals surface area (Å²) < 4.78 is 14.4. The molecule has 8 heteroatoms. The highest BCUT2D eigenvalue weighted by atomic mass is 79.9. The van der Waals surface area contributed by atoms with E-state index < -0.39 is 10.7 Å². The molecule has 1 aromatic heterocycles. The average Bonchev–Trinajstić information content (AvgIpc) is 2.47. The molecule has 1 aromatic carbocycles. The van der Waals surface area contributed by atoms with Gasteiger partial charge in [0.1, 0.15) is 12.0 Å². The van der Waals surface area contributed by atoms with E-state index in [2.05, 4.69) is 31.2 Å². The van der Waals surface area contributed by atoms with Gasteiger partial charge in [-0.1, -0.05) is 13.0 Å². The number of hydrogen-bond donors (Lipinski definition) is 1. The molecule has 0 saturated carbocycles. The fourth-order valence-electron chi connectivity index (χ4n) is 1.72. The molecule has 21 heavy (non-hydrogen) atoms. The number of benzene rings is 1. The molecule has 2 aromatic rings. The van der Waals surface area contributed by atoms with Crippen molar-refractivity contribution in [2.75, 3.05) is 11.9 Å². The van der Waals surface area contributed by atoms with Gasteiger partial charge in [-0.15, -0.1) is 0 Å². The average molecular weight is 355 g/mol. The lowest BCUT2D eigenvalue weighted by Crippen LogP contribution is -2.07. The summed E-state index contributed by atoms with van der Waals surface area (Å²) in [5.74, 6) is -0.363. The van der Waals surface area contributed by atoms with Gasteiger partial charge in [0.2, 0.25) is 5.95 Å². The molecule has 0 atom stereocenters. The highest BCUT2D eigenvalue weighted by molar-refractivity contribution is 9.10. The van der Waals surface area contributed by atoms with Crippen molar-refractivity contribution in [3.05, 3.63) is 44.8 Å². The van der Waals surface area contributed by atoms with Crippen LogP contribution < -0.4 is 5.32 Å². The first-order valence-electron chi connectivity index (χ1n) is 6.24. The van der Waals surface area contributed by atoms with E-state index in [4.69, 9.17) is 0 Å². The van der Waals surface area contributed by atoms with Crippen molar-refractivity contribution in [2.45, 2.75) is 13.3 Å². The molecule has 110 valence electrons. The Bertz CT molecular complexity index is 681. The number of halogens is 2. The first-order chi connectivity index (χ1) is 10.0. The molecule has 1 N–H and O–H groups in total. The van der Waals surface area contributed by atoms with Crippen LogP contribution in [-0.4, -0.2) is 21.4 Å². The lowest BCUT2D eigenvalue weighted by molar-refractivity contribution is -0.384. The molecule has 0 bridgehead atoms. The maximum atomic E-state index is 14.2. The summed E-state index contributed by atoms with van der Waals surface area (Å²) in [5.41, 5.74) is -0.334. The quantitative estimate of drug-likeness (QED) is 0.652. The van der Waals surface area contributed by atoms with Crippen LogP contribution in [0.3, 0.4) is 0 Å². The molecule has 0 aliphatic carbocycles. The third kappa shape index (κ3) is 3.33.